The molecule has 2 heterocycles. The number of nitrogens with two attached hydrogens (primary N) is 1. The Bertz CT molecular complexity index is 447. The van der Waals surface area contributed by atoms with Crippen LogP contribution in [0, 0.1) is 0 Å². The van der Waals surface area contributed by atoms with Crippen molar-refractivity contribution in [2.75, 3.05) is 0 Å². The van der Waals surface area contributed by atoms with Gasteiger partial charge in [-0.1, -0.05) is 0 Å². The average Bonchev–Trinajstić information content (AvgIpc) is 2.71. The van der Waals surface area contributed by atoms with E-state index in [1.54, 1.807) is 16.0 Å². The topological polar surface area (TPSA) is 43.8 Å². The summed E-state index contributed by atoms with van der Waals surface area (Å²) in [5, 5.41) is 6.44. The Hall–Kier alpha value is -0.650. The predicted octanol–water partition coefficient (Wildman–Crippen LogP) is 2.37. The van der Waals surface area contributed by atoms with Gasteiger partial charge in [0.15, 0.2) is 0 Å². The third-order valence-corrected chi connectivity index (χ3v) is 3.80. The third kappa shape index (κ3) is 1.63. The van der Waals surface area contributed by atoms with Gasteiger partial charge >= 0.3 is 0 Å². The van der Waals surface area contributed by atoms with Gasteiger partial charge in [0.25, 0.3) is 0 Å². The zero-order chi connectivity index (χ0) is 10.1. The number of nitrogens with zero attached hydrogens (tertiary/aromatic N) is 2. The number of halogens is 1. The van der Waals surface area contributed by atoms with Gasteiger partial charge in [-0.25, -0.2) is 0 Å². The summed E-state index contributed by atoms with van der Waals surface area (Å²) in [7, 11) is 1.91. The Labute approximate surface area is 94.7 Å². The van der Waals surface area contributed by atoms with E-state index in [0.29, 0.717) is 6.54 Å². The minimum atomic E-state index is 0.521. The second-order valence-corrected chi connectivity index (χ2v) is 4.75. The molecule has 2 rings (SSSR count). The molecule has 0 unspecified atom stereocenters. The molecule has 2 aromatic rings. The second-order valence-electron chi connectivity index (χ2n) is 2.98. The number of hydrogen-bond acceptors (Lipinski definition) is 3. The van der Waals surface area contributed by atoms with E-state index in [1.165, 1.54) is 0 Å². The number of aryl methyl sites for hydroxylation is 1. The number of rotatable bonds is 2. The first kappa shape index (κ1) is 9.89. The zero-order valence-corrected chi connectivity index (χ0v) is 10.1. The van der Waals surface area contributed by atoms with E-state index in [1.807, 2.05) is 24.7 Å². The van der Waals surface area contributed by atoms with E-state index in [4.69, 9.17) is 5.73 Å². The minimum absolute atomic E-state index is 0.521. The predicted molar refractivity (Wildman–Crippen MR) is 62.1 cm³/mol. The molecule has 5 heteroatoms. The van der Waals surface area contributed by atoms with Gasteiger partial charge in [-0.3, -0.25) is 4.68 Å². The normalized spacial score (nSPS) is 10.8. The third-order valence-electron chi connectivity index (χ3n) is 1.96. The van der Waals surface area contributed by atoms with Crippen molar-refractivity contribution < 1.29 is 0 Å². The first-order valence-electron chi connectivity index (χ1n) is 4.18. The summed E-state index contributed by atoms with van der Waals surface area (Å²) in [6.07, 6.45) is 1.96. The lowest BCUT2D eigenvalue weighted by molar-refractivity contribution is 0.770. The summed E-state index contributed by atoms with van der Waals surface area (Å²) in [5.74, 6) is 0. The Morgan fingerprint density at radius 1 is 1.64 bits per heavy atom. The standard InChI is InChI=1S/C9H10BrN3S/c1-13-5-6(4-11)8(12-13)9-7(10)2-3-14-9/h2-3,5H,4,11H2,1H3. The highest BCUT2D eigenvalue weighted by atomic mass is 79.9. The molecule has 3 nitrogen and oxygen atoms in total. The van der Waals surface area contributed by atoms with Crippen molar-refractivity contribution in [3.63, 3.8) is 0 Å². The maximum atomic E-state index is 5.66. The van der Waals surface area contributed by atoms with Crippen LogP contribution in [0.1, 0.15) is 5.56 Å². The van der Waals surface area contributed by atoms with Crippen LogP contribution >= 0.6 is 27.3 Å². The number of thiophene rings is 1. The largest absolute Gasteiger partial charge is 0.326 e. The fourth-order valence-electron chi connectivity index (χ4n) is 1.34. The molecule has 0 aliphatic carbocycles. The molecule has 2 aromatic heterocycles. The lowest BCUT2D eigenvalue weighted by atomic mass is 10.2. The van der Waals surface area contributed by atoms with Crippen LogP contribution in [-0.4, -0.2) is 9.78 Å². The summed E-state index contributed by atoms with van der Waals surface area (Å²) < 4.78 is 2.87. The molecule has 0 saturated carbocycles. The maximum Gasteiger partial charge on any atom is 0.108 e. The van der Waals surface area contributed by atoms with Gasteiger partial charge in [-0.15, -0.1) is 11.3 Å². The molecule has 0 bridgehead atoms. The van der Waals surface area contributed by atoms with E-state index in [-0.39, 0.29) is 0 Å². The maximum absolute atomic E-state index is 5.66. The highest BCUT2D eigenvalue weighted by molar-refractivity contribution is 9.10. The molecule has 0 aliphatic heterocycles. The van der Waals surface area contributed by atoms with E-state index in [0.717, 1.165) is 20.6 Å². The first-order chi connectivity index (χ1) is 6.72. The molecule has 2 N–H and O–H groups in total. The SMILES string of the molecule is Cn1cc(CN)c(-c2sccc2Br)n1. The lowest BCUT2D eigenvalue weighted by Crippen LogP contribution is -1.95. The van der Waals surface area contributed by atoms with Gasteiger partial charge < -0.3 is 5.73 Å². The smallest absolute Gasteiger partial charge is 0.108 e. The Balaban J connectivity index is 2.55. The van der Waals surface area contributed by atoms with Crippen molar-refractivity contribution in [1.29, 1.82) is 0 Å². The summed E-state index contributed by atoms with van der Waals surface area (Å²) in [5.41, 5.74) is 7.72. The van der Waals surface area contributed by atoms with E-state index >= 15 is 0 Å². The molecular formula is C9H10BrN3S. The van der Waals surface area contributed by atoms with Gasteiger partial charge in [0, 0.05) is 29.8 Å². The Morgan fingerprint density at radius 2 is 2.43 bits per heavy atom. The van der Waals surface area contributed by atoms with E-state index in [9.17, 15) is 0 Å². The Kier molecular flexibility index (Phi) is 2.71. The van der Waals surface area contributed by atoms with Crippen LogP contribution in [0.15, 0.2) is 22.1 Å². The van der Waals surface area contributed by atoms with Crippen LogP contribution in [0.2, 0.25) is 0 Å². The second kappa shape index (κ2) is 3.84. The molecule has 14 heavy (non-hydrogen) atoms. The van der Waals surface area contributed by atoms with Gasteiger partial charge in [0.2, 0.25) is 0 Å². The molecule has 0 spiro atoms. The van der Waals surface area contributed by atoms with Crippen LogP contribution in [0.3, 0.4) is 0 Å². The molecule has 74 valence electrons. The minimum Gasteiger partial charge on any atom is -0.326 e. The van der Waals surface area contributed by atoms with Crippen molar-refractivity contribution in [2.24, 2.45) is 12.8 Å². The molecule has 0 aromatic carbocycles. The van der Waals surface area contributed by atoms with Crippen LogP contribution in [-0.2, 0) is 13.6 Å². The van der Waals surface area contributed by atoms with E-state index < -0.39 is 0 Å². The van der Waals surface area contributed by atoms with Crippen LogP contribution in [0.5, 0.6) is 0 Å². The van der Waals surface area contributed by atoms with Crippen LogP contribution < -0.4 is 5.73 Å². The summed E-state index contributed by atoms with van der Waals surface area (Å²) in [6.45, 7) is 0.521. The molecule has 0 atom stereocenters. The summed E-state index contributed by atoms with van der Waals surface area (Å²) in [4.78, 5) is 1.14. The van der Waals surface area contributed by atoms with Crippen molar-refractivity contribution in [3.8, 4) is 10.6 Å². The van der Waals surface area contributed by atoms with Crippen molar-refractivity contribution in [3.05, 3.63) is 27.7 Å². The molecule has 0 radical (unpaired) electrons. The van der Waals surface area contributed by atoms with Gasteiger partial charge in [0.1, 0.15) is 5.69 Å². The summed E-state index contributed by atoms with van der Waals surface area (Å²) >= 11 is 5.16. The van der Waals surface area contributed by atoms with Gasteiger partial charge in [-0.05, 0) is 27.4 Å². The Morgan fingerprint density at radius 3 is 3.00 bits per heavy atom. The fourth-order valence-corrected chi connectivity index (χ4v) is 2.92. The van der Waals surface area contributed by atoms with Gasteiger partial charge in [0.05, 0.1) is 4.88 Å². The molecule has 0 saturated heterocycles. The van der Waals surface area contributed by atoms with Crippen molar-refractivity contribution in [1.82, 2.24) is 9.78 Å². The van der Waals surface area contributed by atoms with Crippen LogP contribution in [0.25, 0.3) is 10.6 Å². The molecule has 0 fully saturated rings. The first-order valence-corrected chi connectivity index (χ1v) is 5.85. The molecule has 0 aliphatic rings. The number of aromatic nitrogens is 2. The van der Waals surface area contributed by atoms with Crippen molar-refractivity contribution >= 4 is 27.3 Å². The van der Waals surface area contributed by atoms with E-state index in [2.05, 4.69) is 21.0 Å². The summed E-state index contributed by atoms with van der Waals surface area (Å²) in [6, 6.07) is 2.02. The zero-order valence-electron chi connectivity index (χ0n) is 7.70. The number of hydrogen-bond donors (Lipinski definition) is 1. The highest BCUT2D eigenvalue weighted by Gasteiger charge is 2.12. The quantitative estimate of drug-likeness (QED) is 0.912. The molecular weight excluding hydrogens is 262 g/mol. The lowest BCUT2D eigenvalue weighted by Gasteiger charge is -1.96. The fraction of sp³-hybridized carbons (Fsp3) is 0.222. The van der Waals surface area contributed by atoms with Crippen molar-refractivity contribution in [2.45, 2.75) is 6.54 Å². The van der Waals surface area contributed by atoms with Gasteiger partial charge in [-0.2, -0.15) is 5.10 Å². The average molecular weight is 272 g/mol. The highest BCUT2D eigenvalue weighted by Crippen LogP contribution is 2.34. The monoisotopic (exact) mass is 271 g/mol. The molecule has 0 amide bonds. The van der Waals surface area contributed by atoms with Crippen LogP contribution in [0.4, 0.5) is 0 Å².